The summed E-state index contributed by atoms with van der Waals surface area (Å²) in [5, 5.41) is 8.61. The van der Waals surface area contributed by atoms with E-state index in [0.29, 0.717) is 22.6 Å². The molecule has 0 spiro atoms. The van der Waals surface area contributed by atoms with Crippen LogP contribution in [-0.2, 0) is 22.4 Å². The molecule has 0 heterocycles. The van der Waals surface area contributed by atoms with Gasteiger partial charge in [0.05, 0.1) is 7.11 Å². The average Bonchev–Trinajstić information content (AvgIpc) is 3.23. The topological polar surface area (TPSA) is 85.6 Å². The number of hydrogen-bond acceptors (Lipinski definition) is 6. The number of hydrogen-bond donors (Lipinski definition) is 0. The number of aryl methyl sites for hydroxylation is 2. The second-order valence-electron chi connectivity index (χ2n) is 6.97. The van der Waals surface area contributed by atoms with Gasteiger partial charge in [-0.25, -0.2) is 4.79 Å². The highest BCUT2D eigenvalue weighted by atomic mass is 16.5. The summed E-state index contributed by atoms with van der Waals surface area (Å²) in [5.74, 6) is 0.0566. The van der Waals surface area contributed by atoms with Crippen LogP contribution in [0.5, 0.6) is 11.5 Å². The number of ether oxygens (including phenoxy) is 3. The van der Waals surface area contributed by atoms with E-state index in [1.807, 2.05) is 18.2 Å². The Balaban J connectivity index is 1.61. The summed E-state index contributed by atoms with van der Waals surface area (Å²) in [7, 11) is 1.49. The number of esters is 1. The van der Waals surface area contributed by atoms with Gasteiger partial charge in [-0.1, -0.05) is 18.2 Å². The zero-order chi connectivity index (χ0) is 21.5. The Hall–Kier alpha value is -3.59. The Bertz CT molecular complexity index is 1020. The fourth-order valence-corrected chi connectivity index (χ4v) is 3.41. The van der Waals surface area contributed by atoms with Crippen molar-refractivity contribution >= 4 is 17.8 Å². The minimum Gasteiger partial charge on any atom is -0.493 e. The van der Waals surface area contributed by atoms with Crippen molar-refractivity contribution in [3.63, 3.8) is 0 Å². The van der Waals surface area contributed by atoms with Gasteiger partial charge in [-0.2, -0.15) is 5.26 Å². The van der Waals surface area contributed by atoms with Gasteiger partial charge >= 0.3 is 5.97 Å². The number of rotatable bonds is 8. The highest BCUT2D eigenvalue weighted by Gasteiger charge is 2.20. The van der Waals surface area contributed by atoms with Crippen LogP contribution < -0.4 is 9.47 Å². The molecule has 0 saturated heterocycles. The number of benzene rings is 2. The van der Waals surface area contributed by atoms with E-state index in [4.69, 9.17) is 19.5 Å². The van der Waals surface area contributed by atoms with E-state index in [-0.39, 0.29) is 12.4 Å². The Kier molecular flexibility index (Phi) is 6.87. The molecule has 6 heteroatoms. The van der Waals surface area contributed by atoms with E-state index in [9.17, 15) is 9.59 Å². The normalized spacial score (nSPS) is 13.4. The van der Waals surface area contributed by atoms with E-state index in [2.05, 4.69) is 0 Å². The minimum absolute atomic E-state index is 0.0893. The van der Waals surface area contributed by atoms with Crippen molar-refractivity contribution in [2.24, 2.45) is 0 Å². The highest BCUT2D eigenvalue weighted by Crippen LogP contribution is 2.28. The van der Waals surface area contributed by atoms with Gasteiger partial charge in [-0.15, -0.1) is 0 Å². The molecule has 2 aromatic carbocycles. The van der Waals surface area contributed by atoms with Crippen LogP contribution in [0, 0.1) is 11.3 Å². The van der Waals surface area contributed by atoms with Crippen LogP contribution in [0.3, 0.4) is 0 Å². The molecular weight excluding hydrogens is 382 g/mol. The predicted octanol–water partition coefficient (Wildman–Crippen LogP) is 3.91. The average molecular weight is 405 g/mol. The standard InChI is InChI=1S/C24H23NO5/c1-16(24(27)20-9-8-18-4-3-5-19(18)15-20)30-23(26)11-7-17-6-10-21(29-13-12-25)22(14-17)28-2/h6-11,14-16H,3-5,13H2,1-2H3/b11-7+/t16-/m0/s1. The molecule has 30 heavy (non-hydrogen) atoms. The van der Waals surface area contributed by atoms with Crippen molar-refractivity contribution in [2.45, 2.75) is 32.3 Å². The quantitative estimate of drug-likeness (QED) is 0.376. The summed E-state index contributed by atoms with van der Waals surface area (Å²) in [5.41, 5.74) is 3.75. The van der Waals surface area contributed by atoms with Crippen LogP contribution in [0.1, 0.15) is 40.4 Å². The minimum atomic E-state index is -0.877. The predicted molar refractivity (Wildman–Crippen MR) is 111 cm³/mol. The van der Waals surface area contributed by atoms with Crippen molar-refractivity contribution in [3.8, 4) is 17.6 Å². The summed E-state index contributed by atoms with van der Waals surface area (Å²) in [6.45, 7) is 1.49. The summed E-state index contributed by atoms with van der Waals surface area (Å²) in [6, 6.07) is 12.6. The number of carbonyl (C=O) groups excluding carboxylic acids is 2. The van der Waals surface area contributed by atoms with Crippen LogP contribution >= 0.6 is 0 Å². The van der Waals surface area contributed by atoms with Crippen molar-refractivity contribution in [1.82, 2.24) is 0 Å². The van der Waals surface area contributed by atoms with Gasteiger partial charge < -0.3 is 14.2 Å². The van der Waals surface area contributed by atoms with Gasteiger partial charge in [-0.3, -0.25) is 4.79 Å². The number of nitriles is 1. The third-order valence-corrected chi connectivity index (χ3v) is 4.94. The first kappa shape index (κ1) is 21.1. The molecule has 6 nitrogen and oxygen atoms in total. The smallest absolute Gasteiger partial charge is 0.331 e. The second-order valence-corrected chi connectivity index (χ2v) is 6.97. The van der Waals surface area contributed by atoms with Gasteiger partial charge in [0.1, 0.15) is 6.07 Å². The Morgan fingerprint density at radius 3 is 2.70 bits per heavy atom. The first-order valence-corrected chi connectivity index (χ1v) is 9.74. The third kappa shape index (κ3) is 5.06. The zero-order valence-electron chi connectivity index (χ0n) is 17.0. The molecule has 3 rings (SSSR count). The van der Waals surface area contributed by atoms with E-state index in [0.717, 1.165) is 19.3 Å². The van der Waals surface area contributed by atoms with Gasteiger partial charge in [0.25, 0.3) is 0 Å². The molecule has 0 fully saturated rings. The van der Waals surface area contributed by atoms with Crippen LogP contribution in [0.2, 0.25) is 0 Å². The van der Waals surface area contributed by atoms with E-state index in [1.165, 1.54) is 24.3 Å². The summed E-state index contributed by atoms with van der Waals surface area (Å²) in [4.78, 5) is 24.8. The maximum atomic E-state index is 12.6. The zero-order valence-corrected chi connectivity index (χ0v) is 17.0. The summed E-state index contributed by atoms with van der Waals surface area (Å²) >= 11 is 0. The molecular formula is C24H23NO5. The number of fused-ring (bicyclic) bond motifs is 1. The molecule has 0 aromatic heterocycles. The lowest BCUT2D eigenvalue weighted by molar-refractivity contribution is -0.140. The lowest BCUT2D eigenvalue weighted by atomic mass is 10.0. The van der Waals surface area contributed by atoms with Crippen LogP contribution in [-0.4, -0.2) is 31.6 Å². The number of nitrogens with zero attached hydrogens (tertiary/aromatic N) is 1. The van der Waals surface area contributed by atoms with Crippen molar-refractivity contribution < 1.29 is 23.8 Å². The molecule has 0 aliphatic heterocycles. The van der Waals surface area contributed by atoms with Crippen molar-refractivity contribution in [3.05, 3.63) is 64.7 Å². The largest absolute Gasteiger partial charge is 0.493 e. The first-order valence-electron chi connectivity index (χ1n) is 9.74. The molecule has 0 amide bonds. The lowest BCUT2D eigenvalue weighted by Crippen LogP contribution is -2.23. The number of Topliss-reactive ketones (excluding diaryl/α,β-unsaturated/α-hetero) is 1. The Morgan fingerprint density at radius 2 is 1.93 bits per heavy atom. The Labute approximate surface area is 175 Å². The number of carbonyl (C=O) groups is 2. The van der Waals surface area contributed by atoms with E-state index >= 15 is 0 Å². The molecule has 154 valence electrons. The SMILES string of the molecule is COc1cc(/C=C/C(=O)O[C@@H](C)C(=O)c2ccc3c(c2)CCC3)ccc1OCC#N. The molecule has 0 saturated carbocycles. The molecule has 1 aliphatic carbocycles. The molecule has 0 unspecified atom stereocenters. The molecule has 0 N–H and O–H groups in total. The van der Waals surface area contributed by atoms with Crippen LogP contribution in [0.15, 0.2) is 42.5 Å². The lowest BCUT2D eigenvalue weighted by Gasteiger charge is -2.12. The molecule has 1 atom stereocenters. The fourth-order valence-electron chi connectivity index (χ4n) is 3.41. The Morgan fingerprint density at radius 1 is 1.13 bits per heavy atom. The van der Waals surface area contributed by atoms with Crippen LogP contribution in [0.4, 0.5) is 0 Å². The number of ketones is 1. The second kappa shape index (κ2) is 9.75. The summed E-state index contributed by atoms with van der Waals surface area (Å²) < 4.78 is 15.8. The maximum absolute atomic E-state index is 12.6. The molecule has 2 aromatic rings. The van der Waals surface area contributed by atoms with Gasteiger partial charge in [0, 0.05) is 11.6 Å². The summed E-state index contributed by atoms with van der Waals surface area (Å²) in [6.07, 6.45) is 5.09. The van der Waals surface area contributed by atoms with Crippen LogP contribution in [0.25, 0.3) is 6.08 Å². The third-order valence-electron chi connectivity index (χ3n) is 4.94. The monoisotopic (exact) mass is 405 g/mol. The first-order chi connectivity index (χ1) is 14.5. The van der Waals surface area contributed by atoms with Gasteiger partial charge in [0.2, 0.25) is 5.78 Å². The fraction of sp³-hybridized carbons (Fsp3) is 0.292. The molecule has 1 aliphatic rings. The number of methoxy groups -OCH3 is 1. The van der Waals surface area contributed by atoms with Crippen molar-refractivity contribution in [2.75, 3.05) is 13.7 Å². The molecule has 0 bridgehead atoms. The van der Waals surface area contributed by atoms with Gasteiger partial charge in [-0.05, 0) is 67.2 Å². The van der Waals surface area contributed by atoms with Gasteiger partial charge in [0.15, 0.2) is 24.2 Å². The highest BCUT2D eigenvalue weighted by molar-refractivity contribution is 6.01. The van der Waals surface area contributed by atoms with Crippen molar-refractivity contribution in [1.29, 1.82) is 5.26 Å². The van der Waals surface area contributed by atoms with E-state index in [1.54, 1.807) is 37.3 Å². The molecule has 0 radical (unpaired) electrons. The maximum Gasteiger partial charge on any atom is 0.331 e. The van der Waals surface area contributed by atoms with E-state index < -0.39 is 12.1 Å².